The lowest BCUT2D eigenvalue weighted by molar-refractivity contribution is -0.131. The van der Waals surface area contributed by atoms with Gasteiger partial charge in [-0.1, -0.05) is 28.9 Å². The van der Waals surface area contributed by atoms with Gasteiger partial charge in [0.15, 0.2) is 0 Å². The molecule has 2 amide bonds. The highest BCUT2D eigenvalue weighted by atomic mass is 79.9. The monoisotopic (exact) mass is 338 g/mol. The number of nitrogens with one attached hydrogen (secondary N) is 1. The molecule has 0 aromatic heterocycles. The largest absolute Gasteiger partial charge is 0.343 e. The van der Waals surface area contributed by atoms with Gasteiger partial charge in [0.25, 0.3) is 5.91 Å². The average molecular weight is 339 g/mol. The van der Waals surface area contributed by atoms with Crippen molar-refractivity contribution < 1.29 is 9.59 Å². The first-order valence-electron chi connectivity index (χ1n) is 6.88. The number of rotatable bonds is 3. The van der Waals surface area contributed by atoms with Gasteiger partial charge in [0.1, 0.15) is 0 Å². The summed E-state index contributed by atoms with van der Waals surface area (Å²) in [6.45, 7) is 3.87. The van der Waals surface area contributed by atoms with E-state index in [1.165, 1.54) is 0 Å². The van der Waals surface area contributed by atoms with Crippen LogP contribution in [0, 0.1) is 5.92 Å². The lowest BCUT2D eigenvalue weighted by Crippen LogP contribution is -2.43. The van der Waals surface area contributed by atoms with Crippen molar-refractivity contribution in [2.24, 2.45) is 5.92 Å². The molecule has 0 spiro atoms. The molecule has 20 heavy (non-hydrogen) atoms. The lowest BCUT2D eigenvalue weighted by atomic mass is 9.99. The van der Waals surface area contributed by atoms with Crippen molar-refractivity contribution in [1.29, 1.82) is 0 Å². The van der Waals surface area contributed by atoms with E-state index in [4.69, 9.17) is 0 Å². The van der Waals surface area contributed by atoms with Crippen molar-refractivity contribution in [3.63, 3.8) is 0 Å². The Hall–Kier alpha value is -1.36. The second-order valence-corrected chi connectivity index (χ2v) is 6.17. The molecule has 1 saturated heterocycles. The van der Waals surface area contributed by atoms with Crippen LogP contribution in [0.1, 0.15) is 30.1 Å². The molecule has 2 rings (SSSR count). The van der Waals surface area contributed by atoms with E-state index in [0.29, 0.717) is 11.5 Å². The fraction of sp³-hybridized carbons (Fsp3) is 0.467. The first-order valence-corrected chi connectivity index (χ1v) is 7.67. The van der Waals surface area contributed by atoms with Crippen molar-refractivity contribution >= 4 is 27.7 Å². The van der Waals surface area contributed by atoms with Gasteiger partial charge in [0.2, 0.25) is 5.91 Å². The number of piperidine rings is 1. The molecule has 0 radical (unpaired) electrons. The van der Waals surface area contributed by atoms with Gasteiger partial charge >= 0.3 is 0 Å². The second kappa shape index (κ2) is 6.88. The summed E-state index contributed by atoms with van der Waals surface area (Å²) in [7, 11) is 0. The first kappa shape index (κ1) is 15.0. The predicted octanol–water partition coefficient (Wildman–Crippen LogP) is 2.44. The molecule has 0 saturated carbocycles. The van der Waals surface area contributed by atoms with Crippen LogP contribution in [-0.4, -0.2) is 36.3 Å². The van der Waals surface area contributed by atoms with Crippen molar-refractivity contribution in [3.05, 3.63) is 34.3 Å². The molecule has 1 heterocycles. The number of halogens is 1. The van der Waals surface area contributed by atoms with E-state index < -0.39 is 0 Å². The predicted molar refractivity (Wildman–Crippen MR) is 81.5 cm³/mol. The first-order chi connectivity index (χ1) is 9.56. The van der Waals surface area contributed by atoms with E-state index in [1.54, 1.807) is 18.2 Å². The number of benzene rings is 1. The average Bonchev–Trinajstić information content (AvgIpc) is 2.45. The van der Waals surface area contributed by atoms with Gasteiger partial charge in [-0.3, -0.25) is 9.59 Å². The minimum atomic E-state index is -0.218. The number of likely N-dealkylation sites (tertiary alicyclic amines) is 1. The van der Waals surface area contributed by atoms with Crippen LogP contribution in [-0.2, 0) is 4.79 Å². The van der Waals surface area contributed by atoms with E-state index >= 15 is 0 Å². The SMILES string of the molecule is CC1CCN(C(=O)CNC(=O)c2cccc(Br)c2)CC1. The highest BCUT2D eigenvalue weighted by Gasteiger charge is 2.20. The number of nitrogens with zero attached hydrogens (tertiary/aromatic N) is 1. The maximum Gasteiger partial charge on any atom is 0.251 e. The molecular formula is C15H19BrN2O2. The van der Waals surface area contributed by atoms with Crippen molar-refractivity contribution in [2.45, 2.75) is 19.8 Å². The normalized spacial score (nSPS) is 16.0. The molecule has 5 heteroatoms. The Morgan fingerprint density at radius 2 is 2.05 bits per heavy atom. The smallest absolute Gasteiger partial charge is 0.251 e. The van der Waals surface area contributed by atoms with Gasteiger partial charge in [0.05, 0.1) is 6.54 Å². The van der Waals surface area contributed by atoms with Crippen molar-refractivity contribution in [2.75, 3.05) is 19.6 Å². The quantitative estimate of drug-likeness (QED) is 0.920. The molecule has 1 aromatic rings. The van der Waals surface area contributed by atoms with E-state index in [1.807, 2.05) is 11.0 Å². The summed E-state index contributed by atoms with van der Waals surface area (Å²) in [6.07, 6.45) is 2.09. The maximum absolute atomic E-state index is 12.0. The molecule has 1 N–H and O–H groups in total. The number of carbonyl (C=O) groups excluding carboxylic acids is 2. The summed E-state index contributed by atoms with van der Waals surface area (Å²) in [5.74, 6) is 0.473. The van der Waals surface area contributed by atoms with Gasteiger partial charge < -0.3 is 10.2 Å². The van der Waals surface area contributed by atoms with Gasteiger partial charge in [-0.05, 0) is 37.0 Å². The number of carbonyl (C=O) groups is 2. The molecule has 0 unspecified atom stereocenters. The van der Waals surface area contributed by atoms with E-state index in [-0.39, 0.29) is 18.4 Å². The third-order valence-corrected chi connectivity index (χ3v) is 4.12. The third kappa shape index (κ3) is 4.07. The fourth-order valence-corrected chi connectivity index (χ4v) is 2.66. The Morgan fingerprint density at radius 1 is 1.35 bits per heavy atom. The Bertz CT molecular complexity index is 496. The van der Waals surface area contributed by atoms with Crippen LogP contribution in [0.15, 0.2) is 28.7 Å². The standard InChI is InChI=1S/C15H19BrN2O2/c1-11-5-7-18(8-6-11)14(19)10-17-15(20)12-3-2-4-13(16)9-12/h2-4,9,11H,5-8,10H2,1H3,(H,17,20). The molecule has 0 aliphatic carbocycles. The Labute approximate surface area is 127 Å². The molecule has 1 aliphatic rings. The van der Waals surface area contributed by atoms with Gasteiger partial charge in [0, 0.05) is 23.1 Å². The summed E-state index contributed by atoms with van der Waals surface area (Å²) in [6, 6.07) is 7.12. The van der Waals surface area contributed by atoms with Gasteiger partial charge in [-0.25, -0.2) is 0 Å². The maximum atomic E-state index is 12.0. The summed E-state index contributed by atoms with van der Waals surface area (Å²) in [5.41, 5.74) is 0.555. The van der Waals surface area contributed by atoms with Crippen LogP contribution in [0.5, 0.6) is 0 Å². The zero-order chi connectivity index (χ0) is 14.5. The van der Waals surface area contributed by atoms with E-state index in [2.05, 4.69) is 28.2 Å². The number of hydrogen-bond acceptors (Lipinski definition) is 2. The molecule has 1 aliphatic heterocycles. The minimum Gasteiger partial charge on any atom is -0.343 e. The molecule has 1 aromatic carbocycles. The summed E-state index contributed by atoms with van der Waals surface area (Å²) in [5, 5.41) is 2.68. The van der Waals surface area contributed by atoms with Gasteiger partial charge in [-0.15, -0.1) is 0 Å². The van der Waals surface area contributed by atoms with Crippen LogP contribution in [0.3, 0.4) is 0 Å². The van der Waals surface area contributed by atoms with E-state index in [0.717, 1.165) is 30.4 Å². The molecule has 0 bridgehead atoms. The molecule has 4 nitrogen and oxygen atoms in total. The summed E-state index contributed by atoms with van der Waals surface area (Å²) < 4.78 is 0.849. The zero-order valence-electron chi connectivity index (χ0n) is 11.6. The zero-order valence-corrected chi connectivity index (χ0v) is 13.1. The molecule has 108 valence electrons. The minimum absolute atomic E-state index is 0.000229. The Morgan fingerprint density at radius 3 is 2.70 bits per heavy atom. The topological polar surface area (TPSA) is 49.4 Å². The third-order valence-electron chi connectivity index (χ3n) is 3.62. The van der Waals surface area contributed by atoms with Gasteiger partial charge in [-0.2, -0.15) is 0 Å². The van der Waals surface area contributed by atoms with Crippen LogP contribution >= 0.6 is 15.9 Å². The Balaban J connectivity index is 1.82. The molecular weight excluding hydrogens is 320 g/mol. The van der Waals surface area contributed by atoms with Crippen molar-refractivity contribution in [3.8, 4) is 0 Å². The van der Waals surface area contributed by atoms with Crippen LogP contribution in [0.25, 0.3) is 0 Å². The number of hydrogen-bond donors (Lipinski definition) is 1. The highest BCUT2D eigenvalue weighted by Crippen LogP contribution is 2.15. The highest BCUT2D eigenvalue weighted by molar-refractivity contribution is 9.10. The Kier molecular flexibility index (Phi) is 5.17. The van der Waals surface area contributed by atoms with Crippen LogP contribution in [0.2, 0.25) is 0 Å². The van der Waals surface area contributed by atoms with Crippen LogP contribution < -0.4 is 5.32 Å². The van der Waals surface area contributed by atoms with Crippen molar-refractivity contribution in [1.82, 2.24) is 10.2 Å². The summed E-state index contributed by atoms with van der Waals surface area (Å²) in [4.78, 5) is 25.8. The fourth-order valence-electron chi connectivity index (χ4n) is 2.26. The molecule has 1 fully saturated rings. The lowest BCUT2D eigenvalue weighted by Gasteiger charge is -2.30. The van der Waals surface area contributed by atoms with Crippen LogP contribution in [0.4, 0.5) is 0 Å². The summed E-state index contributed by atoms with van der Waals surface area (Å²) >= 11 is 3.32. The van der Waals surface area contributed by atoms with E-state index in [9.17, 15) is 9.59 Å². The molecule has 0 atom stereocenters. The second-order valence-electron chi connectivity index (χ2n) is 5.26. The number of amides is 2.